The summed E-state index contributed by atoms with van der Waals surface area (Å²) in [7, 11) is -1.44. The molecule has 1 aliphatic rings. The van der Waals surface area contributed by atoms with E-state index in [0.717, 1.165) is 31.5 Å². The Bertz CT molecular complexity index is 547. The lowest BCUT2D eigenvalue weighted by molar-refractivity contribution is 0.421. The average molecular weight is 299 g/mol. The summed E-state index contributed by atoms with van der Waals surface area (Å²) in [6.45, 7) is 6.21. The highest BCUT2D eigenvalue weighted by atomic mass is 32.2. The van der Waals surface area contributed by atoms with Crippen LogP contribution < -0.4 is 5.32 Å². The van der Waals surface area contributed by atoms with Gasteiger partial charge in [-0.15, -0.1) is 0 Å². The molecule has 0 aliphatic heterocycles. The Morgan fingerprint density at radius 3 is 2.65 bits per heavy atom. The van der Waals surface area contributed by atoms with Crippen LogP contribution in [-0.2, 0) is 23.6 Å². The van der Waals surface area contributed by atoms with Gasteiger partial charge in [-0.2, -0.15) is 4.31 Å². The molecule has 0 atom stereocenters. The highest BCUT2D eigenvalue weighted by Gasteiger charge is 2.37. The zero-order chi connectivity index (χ0) is 14.8. The Morgan fingerprint density at radius 2 is 2.10 bits per heavy atom. The third-order valence-corrected chi connectivity index (χ3v) is 5.68. The van der Waals surface area contributed by atoms with Gasteiger partial charge in [0, 0.05) is 38.1 Å². The summed E-state index contributed by atoms with van der Waals surface area (Å²) in [5, 5.41) is 3.31. The average Bonchev–Trinajstić information content (AvgIpc) is 3.14. The van der Waals surface area contributed by atoms with Gasteiger partial charge >= 0.3 is 0 Å². The quantitative estimate of drug-likeness (QED) is 0.743. The zero-order valence-corrected chi connectivity index (χ0v) is 13.4. The lowest BCUT2D eigenvalue weighted by atomic mass is 10.4. The van der Waals surface area contributed by atoms with Gasteiger partial charge in [0.2, 0.25) is 10.0 Å². The Morgan fingerprint density at radius 1 is 1.40 bits per heavy atom. The fourth-order valence-corrected chi connectivity index (χ4v) is 4.20. The summed E-state index contributed by atoms with van der Waals surface area (Å²) in [5.41, 5.74) is 1.00. The van der Waals surface area contributed by atoms with E-state index in [4.69, 9.17) is 0 Å². The maximum absolute atomic E-state index is 12.6. The first-order valence-corrected chi connectivity index (χ1v) is 8.82. The van der Waals surface area contributed by atoms with Crippen LogP contribution in [0.1, 0.15) is 38.8 Å². The van der Waals surface area contributed by atoms with Crippen molar-refractivity contribution >= 4 is 10.0 Å². The molecule has 0 amide bonds. The van der Waals surface area contributed by atoms with E-state index in [1.54, 1.807) is 16.6 Å². The minimum atomic E-state index is -3.34. The summed E-state index contributed by atoms with van der Waals surface area (Å²) < 4.78 is 28.8. The van der Waals surface area contributed by atoms with Gasteiger partial charge in [-0.05, 0) is 31.9 Å². The van der Waals surface area contributed by atoms with Crippen LogP contribution >= 0.6 is 0 Å². The molecular formula is C14H25N3O2S. The summed E-state index contributed by atoms with van der Waals surface area (Å²) in [5.74, 6) is 0. The van der Waals surface area contributed by atoms with Crippen LogP contribution in [0.15, 0.2) is 17.2 Å². The number of hydrogen-bond donors (Lipinski definition) is 1. The van der Waals surface area contributed by atoms with Crippen molar-refractivity contribution < 1.29 is 8.42 Å². The van der Waals surface area contributed by atoms with Gasteiger partial charge in [-0.25, -0.2) is 8.42 Å². The van der Waals surface area contributed by atoms with E-state index in [-0.39, 0.29) is 6.04 Å². The molecule has 2 rings (SSSR count). The molecule has 1 aliphatic carbocycles. The predicted octanol–water partition coefficient (Wildman–Crippen LogP) is 1.70. The van der Waals surface area contributed by atoms with E-state index in [0.29, 0.717) is 18.0 Å². The zero-order valence-electron chi connectivity index (χ0n) is 12.6. The molecule has 0 spiro atoms. The molecule has 0 unspecified atom stereocenters. The van der Waals surface area contributed by atoms with Crippen LogP contribution in [0.4, 0.5) is 0 Å². The minimum Gasteiger partial charge on any atom is -0.352 e. The fourth-order valence-electron chi connectivity index (χ4n) is 2.41. The molecule has 0 bridgehead atoms. The molecule has 1 aromatic heterocycles. The van der Waals surface area contributed by atoms with E-state index in [9.17, 15) is 8.42 Å². The van der Waals surface area contributed by atoms with Crippen molar-refractivity contribution in [2.45, 2.75) is 50.6 Å². The van der Waals surface area contributed by atoms with E-state index in [2.05, 4.69) is 12.2 Å². The number of nitrogens with one attached hydrogen (secondary N) is 1. The molecule has 1 saturated carbocycles. The summed E-state index contributed by atoms with van der Waals surface area (Å²) in [4.78, 5) is 0.419. The number of aryl methyl sites for hydroxylation is 1. The van der Waals surface area contributed by atoms with Crippen molar-refractivity contribution in [3.05, 3.63) is 18.0 Å². The third kappa shape index (κ3) is 3.24. The summed E-state index contributed by atoms with van der Waals surface area (Å²) in [6, 6.07) is 2.01. The van der Waals surface area contributed by atoms with Crippen LogP contribution in [-0.4, -0.2) is 36.4 Å². The maximum Gasteiger partial charge on any atom is 0.244 e. The molecule has 0 saturated heterocycles. The first kappa shape index (κ1) is 15.5. The first-order chi connectivity index (χ1) is 9.50. The number of aromatic nitrogens is 1. The molecule has 1 fully saturated rings. The van der Waals surface area contributed by atoms with Crippen molar-refractivity contribution in [1.82, 2.24) is 14.2 Å². The van der Waals surface area contributed by atoms with Gasteiger partial charge in [0.25, 0.3) is 0 Å². The maximum atomic E-state index is 12.6. The monoisotopic (exact) mass is 299 g/mol. The minimum absolute atomic E-state index is 0.215. The van der Waals surface area contributed by atoms with Gasteiger partial charge in [0.15, 0.2) is 0 Å². The molecule has 1 heterocycles. The number of hydrogen-bond acceptors (Lipinski definition) is 3. The molecule has 0 aromatic carbocycles. The Hall–Kier alpha value is -0.850. The van der Waals surface area contributed by atoms with E-state index in [1.165, 1.54) is 0 Å². The second kappa shape index (κ2) is 6.28. The summed E-state index contributed by atoms with van der Waals surface area (Å²) in [6.07, 6.45) is 4.78. The first-order valence-electron chi connectivity index (χ1n) is 7.38. The third-order valence-electron chi connectivity index (χ3n) is 3.69. The Balaban J connectivity index is 2.17. The molecule has 20 heavy (non-hydrogen) atoms. The largest absolute Gasteiger partial charge is 0.352 e. The number of nitrogens with zero attached hydrogens (tertiary/aromatic N) is 2. The van der Waals surface area contributed by atoms with Gasteiger partial charge < -0.3 is 9.88 Å². The highest BCUT2D eigenvalue weighted by Crippen LogP contribution is 2.32. The fraction of sp³-hybridized carbons (Fsp3) is 0.714. The van der Waals surface area contributed by atoms with Gasteiger partial charge in [0.1, 0.15) is 4.90 Å². The molecule has 114 valence electrons. The second-order valence-electron chi connectivity index (χ2n) is 5.39. The van der Waals surface area contributed by atoms with Crippen LogP contribution in [0.25, 0.3) is 0 Å². The van der Waals surface area contributed by atoms with Gasteiger partial charge in [-0.1, -0.05) is 13.8 Å². The van der Waals surface area contributed by atoms with Crippen molar-refractivity contribution in [2.75, 3.05) is 13.1 Å². The Kier molecular flexibility index (Phi) is 4.88. The molecule has 5 nitrogen and oxygen atoms in total. The van der Waals surface area contributed by atoms with Crippen molar-refractivity contribution in [1.29, 1.82) is 0 Å². The van der Waals surface area contributed by atoms with Crippen molar-refractivity contribution in [3.63, 3.8) is 0 Å². The number of sulfonamides is 1. The van der Waals surface area contributed by atoms with E-state index in [1.807, 2.05) is 18.5 Å². The van der Waals surface area contributed by atoms with E-state index < -0.39 is 10.0 Å². The van der Waals surface area contributed by atoms with Gasteiger partial charge in [-0.3, -0.25) is 0 Å². The van der Waals surface area contributed by atoms with Crippen molar-refractivity contribution in [2.24, 2.45) is 7.05 Å². The molecular weight excluding hydrogens is 274 g/mol. The van der Waals surface area contributed by atoms with Gasteiger partial charge in [0.05, 0.1) is 0 Å². The smallest absolute Gasteiger partial charge is 0.244 e. The highest BCUT2D eigenvalue weighted by molar-refractivity contribution is 7.89. The normalized spacial score (nSPS) is 16.0. The molecule has 6 heteroatoms. The molecule has 1 aromatic rings. The SMILES string of the molecule is CCCNCc1cc(S(=O)(=O)N(CC)C2CC2)cn1C. The predicted molar refractivity (Wildman–Crippen MR) is 80.0 cm³/mol. The topological polar surface area (TPSA) is 54.3 Å². The second-order valence-corrected chi connectivity index (χ2v) is 7.28. The standard InChI is InChI=1S/C14H25N3O2S/c1-4-8-15-10-13-9-14(11-16(13)3)20(18,19)17(5-2)12-6-7-12/h9,11-12,15H,4-8,10H2,1-3H3. The Labute approximate surface area is 122 Å². The van der Waals surface area contributed by atoms with E-state index >= 15 is 0 Å². The van der Waals surface area contributed by atoms with Crippen LogP contribution in [0.3, 0.4) is 0 Å². The number of rotatable bonds is 8. The van der Waals surface area contributed by atoms with Crippen LogP contribution in [0.2, 0.25) is 0 Å². The van der Waals surface area contributed by atoms with Crippen LogP contribution in [0, 0.1) is 0 Å². The lowest BCUT2D eigenvalue weighted by Gasteiger charge is -2.18. The molecule has 1 N–H and O–H groups in total. The lowest BCUT2D eigenvalue weighted by Crippen LogP contribution is -2.32. The van der Waals surface area contributed by atoms with Crippen LogP contribution in [0.5, 0.6) is 0 Å². The summed E-state index contributed by atoms with van der Waals surface area (Å²) >= 11 is 0. The van der Waals surface area contributed by atoms with Crippen molar-refractivity contribution in [3.8, 4) is 0 Å². The molecule has 0 radical (unpaired) electrons.